The largest absolute Gasteiger partial charge is 0.466 e. The van der Waals surface area contributed by atoms with Gasteiger partial charge in [-0.1, -0.05) is 32.0 Å². The molecule has 25 heavy (non-hydrogen) atoms. The minimum absolute atomic E-state index is 0.0703. The van der Waals surface area contributed by atoms with Crippen molar-refractivity contribution in [2.45, 2.75) is 44.6 Å². The molecule has 2 saturated heterocycles. The molecular formula is C21H26N2O2. The first-order valence-corrected chi connectivity index (χ1v) is 9.51. The van der Waals surface area contributed by atoms with Crippen LogP contribution in [0.15, 0.2) is 35.5 Å². The number of nitrogens with zero attached hydrogens (tertiary/aromatic N) is 1. The molecule has 4 atom stereocenters. The van der Waals surface area contributed by atoms with Gasteiger partial charge in [0.1, 0.15) is 0 Å². The van der Waals surface area contributed by atoms with Gasteiger partial charge >= 0.3 is 5.97 Å². The van der Waals surface area contributed by atoms with E-state index in [4.69, 9.17) is 4.74 Å². The Morgan fingerprint density at radius 2 is 2.20 bits per heavy atom. The highest BCUT2D eigenvalue weighted by Crippen LogP contribution is 2.67. The second kappa shape index (κ2) is 4.88. The van der Waals surface area contributed by atoms with Crippen LogP contribution in [0.1, 0.15) is 38.7 Å². The van der Waals surface area contributed by atoms with E-state index in [1.54, 1.807) is 0 Å². The van der Waals surface area contributed by atoms with Gasteiger partial charge < -0.3 is 10.1 Å². The van der Waals surface area contributed by atoms with Crippen LogP contribution in [-0.4, -0.2) is 37.1 Å². The molecule has 5 rings (SSSR count). The number of ether oxygens (including phenoxy) is 1. The van der Waals surface area contributed by atoms with E-state index in [0.717, 1.165) is 43.6 Å². The summed E-state index contributed by atoms with van der Waals surface area (Å²) in [5.74, 6) is 0.437. The fourth-order valence-corrected chi connectivity index (χ4v) is 6.65. The SMILES string of the molecule is CC[C@@]12CC(C(=O)OC)=C3Nc4ccccc4[C@@]34CCN(C[C@@H]1C)[C@@H]24. The molecular weight excluding hydrogens is 312 g/mol. The van der Waals surface area contributed by atoms with Crippen molar-refractivity contribution in [1.82, 2.24) is 4.90 Å². The average molecular weight is 338 g/mol. The standard InChI is InChI=1S/C21H26N2O2/c1-4-20-11-14(18(24)25-3)17-21(15-7-5-6-8-16(15)22-17)9-10-23(19(20)21)12-13(20)2/h5-8,13,19,22H,4,9-12H2,1-3H3/t13-,19-,20+,21-/m0/s1. The fourth-order valence-electron chi connectivity index (χ4n) is 6.65. The highest BCUT2D eigenvalue weighted by Gasteiger charge is 2.69. The molecule has 4 heteroatoms. The third-order valence-corrected chi connectivity index (χ3v) is 7.67. The maximum Gasteiger partial charge on any atom is 0.335 e. The van der Waals surface area contributed by atoms with Gasteiger partial charge in [0.05, 0.1) is 18.1 Å². The van der Waals surface area contributed by atoms with E-state index in [2.05, 4.69) is 48.3 Å². The lowest BCUT2D eigenvalue weighted by Crippen LogP contribution is -2.54. The number of esters is 1. The van der Waals surface area contributed by atoms with E-state index in [1.165, 1.54) is 18.4 Å². The lowest BCUT2D eigenvalue weighted by atomic mass is 9.54. The summed E-state index contributed by atoms with van der Waals surface area (Å²) in [7, 11) is 1.51. The van der Waals surface area contributed by atoms with Crippen molar-refractivity contribution >= 4 is 11.7 Å². The smallest absolute Gasteiger partial charge is 0.335 e. The van der Waals surface area contributed by atoms with Crippen LogP contribution < -0.4 is 5.32 Å². The molecule has 1 aliphatic carbocycles. The number of para-hydroxylation sites is 1. The van der Waals surface area contributed by atoms with Crippen LogP contribution in [-0.2, 0) is 14.9 Å². The van der Waals surface area contributed by atoms with Gasteiger partial charge in [-0.3, -0.25) is 4.90 Å². The molecule has 132 valence electrons. The molecule has 4 nitrogen and oxygen atoms in total. The molecule has 0 unspecified atom stereocenters. The minimum Gasteiger partial charge on any atom is -0.466 e. The van der Waals surface area contributed by atoms with Crippen LogP contribution in [0.3, 0.4) is 0 Å². The van der Waals surface area contributed by atoms with Gasteiger partial charge in [0.25, 0.3) is 0 Å². The first-order valence-electron chi connectivity index (χ1n) is 9.51. The molecule has 1 spiro atoms. The van der Waals surface area contributed by atoms with Crippen molar-refractivity contribution < 1.29 is 9.53 Å². The Bertz CT molecular complexity index is 801. The van der Waals surface area contributed by atoms with Gasteiger partial charge in [0, 0.05) is 24.0 Å². The predicted molar refractivity (Wildman–Crippen MR) is 97.3 cm³/mol. The zero-order valence-corrected chi connectivity index (χ0v) is 15.3. The number of methoxy groups -OCH3 is 1. The summed E-state index contributed by atoms with van der Waals surface area (Å²) in [6.07, 6.45) is 3.02. The van der Waals surface area contributed by atoms with Crippen molar-refractivity contribution in [2.75, 3.05) is 25.5 Å². The molecule has 0 amide bonds. The zero-order chi connectivity index (χ0) is 17.4. The lowest BCUT2D eigenvalue weighted by molar-refractivity contribution is -0.137. The number of carbonyl (C=O) groups is 1. The number of hydrogen-bond acceptors (Lipinski definition) is 4. The maximum absolute atomic E-state index is 12.8. The third-order valence-electron chi connectivity index (χ3n) is 7.67. The molecule has 3 heterocycles. The number of carbonyl (C=O) groups excluding carboxylic acids is 1. The van der Waals surface area contributed by atoms with Gasteiger partial charge in [-0.2, -0.15) is 0 Å². The fraction of sp³-hybridized carbons (Fsp3) is 0.571. The highest BCUT2D eigenvalue weighted by atomic mass is 16.5. The number of nitrogens with one attached hydrogen (secondary N) is 1. The van der Waals surface area contributed by atoms with Gasteiger partial charge in [0.2, 0.25) is 0 Å². The Balaban J connectivity index is 1.83. The molecule has 2 fully saturated rings. The third kappa shape index (κ3) is 1.60. The number of hydrogen-bond donors (Lipinski definition) is 1. The van der Waals surface area contributed by atoms with Gasteiger partial charge in [-0.05, 0) is 48.8 Å². The summed E-state index contributed by atoms with van der Waals surface area (Å²) in [6, 6.07) is 9.12. The zero-order valence-electron chi connectivity index (χ0n) is 15.3. The van der Waals surface area contributed by atoms with Crippen molar-refractivity contribution in [2.24, 2.45) is 11.3 Å². The molecule has 0 aromatic heterocycles. The normalized spacial score (nSPS) is 38.2. The van der Waals surface area contributed by atoms with Crippen molar-refractivity contribution in [3.05, 3.63) is 41.1 Å². The monoisotopic (exact) mass is 338 g/mol. The van der Waals surface area contributed by atoms with E-state index in [1.807, 2.05) is 0 Å². The van der Waals surface area contributed by atoms with Crippen LogP contribution in [0, 0.1) is 11.3 Å². The van der Waals surface area contributed by atoms with Crippen molar-refractivity contribution in [3.63, 3.8) is 0 Å². The molecule has 1 N–H and O–H groups in total. The summed E-state index contributed by atoms with van der Waals surface area (Å²) in [6.45, 7) is 6.94. The average Bonchev–Trinajstić information content (AvgIpc) is 3.26. The minimum atomic E-state index is -0.154. The summed E-state index contributed by atoms with van der Waals surface area (Å²) >= 11 is 0. The Labute approximate surface area is 149 Å². The second-order valence-electron chi connectivity index (χ2n) is 8.30. The number of anilines is 1. The number of rotatable bonds is 2. The molecule has 0 radical (unpaired) electrons. The summed E-state index contributed by atoms with van der Waals surface area (Å²) in [4.78, 5) is 15.5. The summed E-state index contributed by atoms with van der Waals surface area (Å²) in [5.41, 5.74) is 4.65. The van der Waals surface area contributed by atoms with Crippen molar-refractivity contribution in [3.8, 4) is 0 Å². The van der Waals surface area contributed by atoms with E-state index in [-0.39, 0.29) is 16.8 Å². The van der Waals surface area contributed by atoms with E-state index < -0.39 is 0 Å². The van der Waals surface area contributed by atoms with E-state index >= 15 is 0 Å². The molecule has 3 aliphatic heterocycles. The topological polar surface area (TPSA) is 41.6 Å². The molecule has 0 bridgehead atoms. The number of fused-ring (bicyclic) bond motifs is 1. The molecule has 0 saturated carbocycles. The Morgan fingerprint density at radius 3 is 2.96 bits per heavy atom. The second-order valence-corrected chi connectivity index (χ2v) is 8.30. The van der Waals surface area contributed by atoms with Crippen LogP contribution in [0.5, 0.6) is 0 Å². The highest BCUT2D eigenvalue weighted by molar-refractivity contribution is 5.93. The Hall–Kier alpha value is -1.81. The van der Waals surface area contributed by atoms with E-state index in [9.17, 15) is 4.79 Å². The Kier molecular flexibility index (Phi) is 3.01. The predicted octanol–water partition coefficient (Wildman–Crippen LogP) is 3.30. The maximum atomic E-state index is 12.8. The van der Waals surface area contributed by atoms with Gasteiger partial charge in [-0.15, -0.1) is 0 Å². The van der Waals surface area contributed by atoms with Crippen LogP contribution in [0.4, 0.5) is 5.69 Å². The summed E-state index contributed by atoms with van der Waals surface area (Å²) in [5, 5.41) is 3.64. The van der Waals surface area contributed by atoms with Gasteiger partial charge in [-0.25, -0.2) is 4.79 Å². The molecule has 1 aromatic rings. The quantitative estimate of drug-likeness (QED) is 0.840. The molecule has 4 aliphatic rings. The van der Waals surface area contributed by atoms with Crippen LogP contribution in [0.25, 0.3) is 0 Å². The van der Waals surface area contributed by atoms with Crippen molar-refractivity contribution in [1.29, 1.82) is 0 Å². The molecule has 1 aromatic carbocycles. The van der Waals surface area contributed by atoms with E-state index in [0.29, 0.717) is 12.0 Å². The first kappa shape index (κ1) is 15.4. The number of benzene rings is 1. The first-order chi connectivity index (χ1) is 12.1. The van der Waals surface area contributed by atoms with Crippen LogP contribution >= 0.6 is 0 Å². The van der Waals surface area contributed by atoms with Crippen LogP contribution in [0.2, 0.25) is 0 Å². The summed E-state index contributed by atoms with van der Waals surface area (Å²) < 4.78 is 5.22. The lowest BCUT2D eigenvalue weighted by Gasteiger charge is -2.50. The van der Waals surface area contributed by atoms with Gasteiger partial charge in [0.15, 0.2) is 0 Å². The Morgan fingerprint density at radius 1 is 1.40 bits per heavy atom.